The number of carbonyl (C=O) groups is 1. The summed E-state index contributed by atoms with van der Waals surface area (Å²) in [4.78, 5) is 15.6. The topological polar surface area (TPSA) is 79.7 Å². The van der Waals surface area contributed by atoms with E-state index in [1.54, 1.807) is 6.07 Å². The first-order chi connectivity index (χ1) is 13.4. The summed E-state index contributed by atoms with van der Waals surface area (Å²) in [6.07, 6.45) is 6.45. The molecular formula is C22H26BrNO4. The van der Waals surface area contributed by atoms with Crippen molar-refractivity contribution < 1.29 is 19.7 Å². The van der Waals surface area contributed by atoms with Crippen molar-refractivity contribution in [3.8, 4) is 11.5 Å². The van der Waals surface area contributed by atoms with Gasteiger partial charge in [-0.25, -0.2) is 4.79 Å². The van der Waals surface area contributed by atoms with Gasteiger partial charge in [0.2, 0.25) is 0 Å². The van der Waals surface area contributed by atoms with E-state index in [4.69, 9.17) is 14.8 Å². The lowest BCUT2D eigenvalue weighted by atomic mass is 9.86. The summed E-state index contributed by atoms with van der Waals surface area (Å²) in [5.41, 5.74) is 4.80. The van der Waals surface area contributed by atoms with E-state index in [0.29, 0.717) is 23.8 Å². The van der Waals surface area contributed by atoms with Crippen molar-refractivity contribution in [1.29, 1.82) is 0 Å². The molecule has 0 radical (unpaired) electrons. The molecule has 0 aliphatic heterocycles. The summed E-state index contributed by atoms with van der Waals surface area (Å²) in [6, 6.07) is 5.45. The van der Waals surface area contributed by atoms with Crippen LogP contribution in [0.1, 0.15) is 66.1 Å². The molecule has 3 rings (SSSR count). The highest BCUT2D eigenvalue weighted by atomic mass is 79.9. The molecule has 2 aromatic rings. The second-order valence-corrected chi connectivity index (χ2v) is 8.34. The van der Waals surface area contributed by atoms with Gasteiger partial charge in [-0.05, 0) is 61.6 Å². The lowest BCUT2D eigenvalue weighted by Crippen LogP contribution is -2.11. The molecule has 0 spiro atoms. The van der Waals surface area contributed by atoms with Crippen LogP contribution < -0.4 is 4.74 Å². The van der Waals surface area contributed by atoms with Crippen molar-refractivity contribution in [2.24, 2.45) is 0 Å². The number of carboxylic acid groups (broad SMARTS) is 1. The number of carboxylic acids is 1. The summed E-state index contributed by atoms with van der Waals surface area (Å²) in [7, 11) is 0. The zero-order valence-electron chi connectivity index (χ0n) is 16.3. The van der Waals surface area contributed by atoms with Crippen LogP contribution in [0.2, 0.25) is 0 Å². The van der Waals surface area contributed by atoms with Gasteiger partial charge < -0.3 is 14.9 Å². The van der Waals surface area contributed by atoms with Gasteiger partial charge in [0.1, 0.15) is 11.5 Å². The third-order valence-electron chi connectivity index (χ3n) is 5.59. The number of aromatic hydroxyl groups is 1. The molecule has 0 unspecified atom stereocenters. The van der Waals surface area contributed by atoms with E-state index in [-0.39, 0.29) is 6.61 Å². The third kappa shape index (κ3) is 4.66. The minimum atomic E-state index is -0.999. The largest absolute Gasteiger partial charge is 0.506 e. The maximum atomic E-state index is 10.8. The molecule has 1 heterocycles. The zero-order valence-corrected chi connectivity index (χ0v) is 17.9. The monoisotopic (exact) mass is 447 g/mol. The van der Waals surface area contributed by atoms with Crippen molar-refractivity contribution >= 4 is 21.9 Å². The first kappa shape index (κ1) is 20.6. The van der Waals surface area contributed by atoms with Crippen molar-refractivity contribution in [3.63, 3.8) is 0 Å². The number of benzene rings is 1. The van der Waals surface area contributed by atoms with Gasteiger partial charge in [0.25, 0.3) is 0 Å². The van der Waals surface area contributed by atoms with E-state index in [0.717, 1.165) is 45.4 Å². The molecule has 28 heavy (non-hydrogen) atoms. The molecule has 1 fully saturated rings. The minimum absolute atomic E-state index is 0.292. The van der Waals surface area contributed by atoms with Gasteiger partial charge in [-0.15, -0.1) is 0 Å². The van der Waals surface area contributed by atoms with Crippen molar-refractivity contribution in [2.75, 3.05) is 6.61 Å². The van der Waals surface area contributed by atoms with Gasteiger partial charge in [-0.1, -0.05) is 35.2 Å². The van der Waals surface area contributed by atoms with Crippen LogP contribution in [0.5, 0.6) is 11.5 Å². The van der Waals surface area contributed by atoms with Crippen molar-refractivity contribution in [3.05, 3.63) is 50.8 Å². The Kier molecular flexibility index (Phi) is 6.60. The number of hydrogen-bond acceptors (Lipinski definition) is 4. The van der Waals surface area contributed by atoms with Crippen molar-refractivity contribution in [2.45, 2.75) is 58.3 Å². The Balaban J connectivity index is 1.87. The van der Waals surface area contributed by atoms with Crippen LogP contribution >= 0.6 is 15.9 Å². The maximum Gasteiger partial charge on any atom is 0.341 e. The van der Waals surface area contributed by atoms with E-state index >= 15 is 0 Å². The molecule has 2 N–H and O–H groups in total. The number of pyridine rings is 1. The number of rotatable bonds is 6. The van der Waals surface area contributed by atoms with Gasteiger partial charge in [0, 0.05) is 22.5 Å². The summed E-state index contributed by atoms with van der Waals surface area (Å²) >= 11 is 3.60. The Morgan fingerprint density at radius 2 is 1.93 bits per heavy atom. The zero-order chi connectivity index (χ0) is 20.3. The second kappa shape index (κ2) is 8.95. The molecule has 0 amide bonds. The Bertz CT molecular complexity index is 875. The highest BCUT2D eigenvalue weighted by Crippen LogP contribution is 2.37. The van der Waals surface area contributed by atoms with Crippen LogP contribution in [0, 0.1) is 13.8 Å². The molecule has 5 nitrogen and oxygen atoms in total. The highest BCUT2D eigenvalue weighted by Gasteiger charge is 2.21. The molecule has 150 valence electrons. The Morgan fingerprint density at radius 3 is 2.61 bits per heavy atom. The molecule has 1 aromatic carbocycles. The van der Waals surface area contributed by atoms with Crippen LogP contribution in [0.25, 0.3) is 0 Å². The van der Waals surface area contributed by atoms with E-state index in [2.05, 4.69) is 15.9 Å². The molecular weight excluding hydrogens is 422 g/mol. The molecule has 0 atom stereocenters. The van der Waals surface area contributed by atoms with Crippen LogP contribution in [0.4, 0.5) is 0 Å². The fraction of sp³-hybridized carbons (Fsp3) is 0.455. The van der Waals surface area contributed by atoms with E-state index in [9.17, 15) is 9.90 Å². The first-order valence-electron chi connectivity index (χ1n) is 9.68. The third-order valence-corrected chi connectivity index (χ3v) is 6.30. The molecule has 1 saturated carbocycles. The van der Waals surface area contributed by atoms with Crippen LogP contribution in [-0.2, 0) is 11.2 Å². The molecule has 1 aromatic heterocycles. The Hall–Kier alpha value is -2.08. The number of ether oxygens (including phenoxy) is 1. The lowest BCUT2D eigenvalue weighted by molar-refractivity contribution is -0.139. The number of nitrogens with zero attached hydrogens (tertiary/aromatic N) is 1. The SMILES string of the molecule is Cc1c(OCC(=O)O)cc(Br)c(Cc2ccc(O)c(C3CCCCC3)n2)c1C. The number of aromatic nitrogens is 1. The number of halogens is 1. The quantitative estimate of drug-likeness (QED) is 0.630. The number of aliphatic carboxylic acids is 1. The average molecular weight is 448 g/mol. The fourth-order valence-corrected chi connectivity index (χ4v) is 4.52. The number of hydrogen-bond donors (Lipinski definition) is 2. The predicted octanol–water partition coefficient (Wildman–Crippen LogP) is 5.27. The van der Waals surface area contributed by atoms with E-state index in [1.807, 2.05) is 26.0 Å². The summed E-state index contributed by atoms with van der Waals surface area (Å²) < 4.78 is 6.27. The minimum Gasteiger partial charge on any atom is -0.506 e. The molecule has 1 aliphatic rings. The van der Waals surface area contributed by atoms with Gasteiger partial charge in [0.15, 0.2) is 6.61 Å². The standard InChI is InChI=1S/C22H26BrNO4/c1-13-14(2)20(28-12-21(26)27)11-18(23)17(13)10-16-8-9-19(25)22(24-16)15-6-4-3-5-7-15/h8-9,11,15,25H,3-7,10,12H2,1-2H3,(H,26,27). The summed E-state index contributed by atoms with van der Waals surface area (Å²) in [6.45, 7) is 3.57. The summed E-state index contributed by atoms with van der Waals surface area (Å²) in [5.74, 6) is 0.199. The van der Waals surface area contributed by atoms with E-state index in [1.165, 1.54) is 19.3 Å². The molecule has 6 heteroatoms. The van der Waals surface area contributed by atoms with Crippen LogP contribution in [0.15, 0.2) is 22.7 Å². The van der Waals surface area contributed by atoms with Gasteiger partial charge in [0.05, 0.1) is 5.69 Å². The molecule has 0 saturated heterocycles. The maximum absolute atomic E-state index is 10.8. The fourth-order valence-electron chi connectivity index (χ4n) is 3.87. The predicted molar refractivity (Wildman–Crippen MR) is 111 cm³/mol. The van der Waals surface area contributed by atoms with Gasteiger partial charge >= 0.3 is 5.97 Å². The lowest BCUT2D eigenvalue weighted by Gasteiger charge is -2.22. The van der Waals surface area contributed by atoms with Crippen LogP contribution in [0.3, 0.4) is 0 Å². The normalized spacial score (nSPS) is 14.8. The highest BCUT2D eigenvalue weighted by molar-refractivity contribution is 9.10. The molecule has 1 aliphatic carbocycles. The van der Waals surface area contributed by atoms with Gasteiger partial charge in [-0.2, -0.15) is 0 Å². The first-order valence-corrected chi connectivity index (χ1v) is 10.5. The average Bonchev–Trinajstić information content (AvgIpc) is 2.68. The second-order valence-electron chi connectivity index (χ2n) is 7.49. The molecule has 0 bridgehead atoms. The summed E-state index contributed by atoms with van der Waals surface area (Å²) in [5, 5.41) is 19.2. The Morgan fingerprint density at radius 1 is 1.21 bits per heavy atom. The van der Waals surface area contributed by atoms with Crippen LogP contribution in [-0.4, -0.2) is 27.8 Å². The van der Waals surface area contributed by atoms with E-state index < -0.39 is 5.97 Å². The Labute approximate surface area is 173 Å². The smallest absolute Gasteiger partial charge is 0.341 e. The van der Waals surface area contributed by atoms with Gasteiger partial charge in [-0.3, -0.25) is 4.98 Å². The van der Waals surface area contributed by atoms with Crippen molar-refractivity contribution in [1.82, 2.24) is 4.98 Å².